The number of rotatable bonds is 24. The molecule has 0 aromatic heterocycles. The first-order valence-corrected chi connectivity index (χ1v) is 37.7. The molecule has 8 heterocycles. The van der Waals surface area contributed by atoms with E-state index in [0.29, 0.717) is 38.5 Å². The second-order valence-corrected chi connectivity index (χ2v) is 32.5. The van der Waals surface area contributed by atoms with Crippen LogP contribution in [0.5, 0.6) is 0 Å². The van der Waals surface area contributed by atoms with Crippen molar-refractivity contribution in [1.29, 1.82) is 0 Å². The van der Waals surface area contributed by atoms with E-state index in [1.807, 2.05) is 20.8 Å². The molecule has 0 aromatic rings. The summed E-state index contributed by atoms with van der Waals surface area (Å²) in [7, 11) is 0. The molecule has 12 fully saturated rings. The number of aliphatic hydroxyl groups is 23. The Hall–Kier alpha value is -1.85. The molecular formula is C69H114O39. The maximum Gasteiger partial charge on any atom is 0.187 e. The number of carbonyl (C=O) groups excluding carboxylic acids is 1. The molecule has 0 amide bonds. The Morgan fingerprint density at radius 1 is 0.435 bits per heavy atom. The minimum atomic E-state index is -2.32. The largest absolute Gasteiger partial charge is 0.394 e. The smallest absolute Gasteiger partial charge is 0.187 e. The van der Waals surface area contributed by atoms with E-state index in [4.69, 9.17) is 71.1 Å². The standard InChI is InChI=1S/C69H114O39/c1-22(21-94-60-49(87)45(83)40(78)31(15-70)97-60)8-11-69(93)23(2)38-30(108-69)13-29-27-7-6-25-12-26(9-10-67(25,4)28(27)14-37(76)68(29,38)5)96-62-52(90)47(85)56(36(20-75)101-62)104-66-59(107-65-54(92)57(42(80)33(17-72)99-65)105-63-51(89)46(84)41(79)32(16-71)98-63)58(43(81)34(18-73)100-66)106-64-53(91)48(86)55(35(19-74)102-64)103-61-50(88)44(82)39(77)24(3)95-61/h22-36,38-66,70-75,77-93H,6-21H2,1-5H3/t22-,23+,24+,25+,26+,27-,28+,29+,30+,31-,32-,33-,34-,35-,36-,38+,39+,40-,41-,42-,43-,44-,45+,46+,47-,48-,49-,50-,51-,52-,53-,54-,55-,56+,57+,58+,59-,60-,61+,62-,63+,64+,65+,66+,67+,68-,69?/m1/s1. The minimum absolute atomic E-state index is 0.00741. The number of hydrogen-bond donors (Lipinski definition) is 23. The van der Waals surface area contributed by atoms with Gasteiger partial charge in [0.25, 0.3) is 0 Å². The number of aliphatic hydroxyl groups excluding tert-OH is 22. The van der Waals surface area contributed by atoms with Crippen LogP contribution in [0.2, 0.25) is 0 Å². The number of carbonyl (C=O) groups is 1. The van der Waals surface area contributed by atoms with Gasteiger partial charge < -0.3 is 189 Å². The quantitative estimate of drug-likeness (QED) is 0.0399. The maximum absolute atomic E-state index is 15.0. The van der Waals surface area contributed by atoms with E-state index in [2.05, 4.69) is 6.92 Å². The van der Waals surface area contributed by atoms with Gasteiger partial charge in [-0.3, -0.25) is 4.79 Å². The molecule has 1 unspecified atom stereocenters. The van der Waals surface area contributed by atoms with Crippen LogP contribution in [0.15, 0.2) is 0 Å². The summed E-state index contributed by atoms with van der Waals surface area (Å²) in [6.45, 7) is 3.71. The Morgan fingerprint density at radius 3 is 1.44 bits per heavy atom. The highest BCUT2D eigenvalue weighted by atomic mass is 16.8. The number of ether oxygens (including phenoxy) is 15. The lowest BCUT2D eigenvalue weighted by Gasteiger charge is -2.60. The summed E-state index contributed by atoms with van der Waals surface area (Å²) in [5.74, 6) is -2.26. The molecule has 0 aromatic carbocycles. The van der Waals surface area contributed by atoms with Crippen molar-refractivity contribution in [2.75, 3.05) is 46.2 Å². The van der Waals surface area contributed by atoms with Crippen LogP contribution < -0.4 is 0 Å². The third-order valence-corrected chi connectivity index (χ3v) is 26.3. The van der Waals surface area contributed by atoms with Gasteiger partial charge in [-0.1, -0.05) is 27.7 Å². The molecule has 39 heteroatoms. The molecule has 108 heavy (non-hydrogen) atoms. The summed E-state index contributed by atoms with van der Waals surface area (Å²) in [5, 5.41) is 252. The number of ketones is 1. The van der Waals surface area contributed by atoms with Gasteiger partial charge in [0, 0.05) is 30.1 Å². The third kappa shape index (κ3) is 15.8. The van der Waals surface area contributed by atoms with Crippen molar-refractivity contribution in [2.45, 2.75) is 325 Å². The fraction of sp³-hybridized carbons (Fsp3) is 0.986. The summed E-state index contributed by atoms with van der Waals surface area (Å²) in [6, 6.07) is 0. The monoisotopic (exact) mass is 1570 g/mol. The summed E-state index contributed by atoms with van der Waals surface area (Å²) < 4.78 is 89.9. The van der Waals surface area contributed by atoms with Gasteiger partial charge in [-0.25, -0.2) is 0 Å². The van der Waals surface area contributed by atoms with E-state index in [0.717, 1.165) is 12.8 Å². The van der Waals surface area contributed by atoms with Crippen molar-refractivity contribution in [1.82, 2.24) is 0 Å². The zero-order valence-corrected chi connectivity index (χ0v) is 60.5. The van der Waals surface area contributed by atoms with Gasteiger partial charge in [0.2, 0.25) is 0 Å². The first-order chi connectivity index (χ1) is 51.1. The fourth-order valence-corrected chi connectivity index (χ4v) is 19.7. The van der Waals surface area contributed by atoms with Crippen molar-refractivity contribution in [2.24, 2.45) is 52.3 Å². The van der Waals surface area contributed by atoms with Crippen LogP contribution in [0.4, 0.5) is 0 Å². The number of fused-ring (bicyclic) bond motifs is 7. The zero-order chi connectivity index (χ0) is 78.4. The van der Waals surface area contributed by atoms with Crippen molar-refractivity contribution in [3.63, 3.8) is 0 Å². The van der Waals surface area contributed by atoms with E-state index >= 15 is 4.79 Å². The molecular weight excluding hydrogens is 1450 g/mol. The van der Waals surface area contributed by atoms with Crippen LogP contribution in [0.25, 0.3) is 0 Å². The molecule has 8 aliphatic heterocycles. The van der Waals surface area contributed by atoms with Crippen molar-refractivity contribution >= 4 is 5.78 Å². The predicted molar refractivity (Wildman–Crippen MR) is 348 cm³/mol. The van der Waals surface area contributed by atoms with E-state index in [9.17, 15) is 117 Å². The Labute approximate surface area is 621 Å². The van der Waals surface area contributed by atoms with Crippen molar-refractivity contribution < 1.29 is 193 Å². The molecule has 12 rings (SSSR count). The minimum Gasteiger partial charge on any atom is -0.394 e. The molecule has 12 aliphatic rings. The highest BCUT2D eigenvalue weighted by molar-refractivity contribution is 5.87. The van der Waals surface area contributed by atoms with E-state index in [-0.39, 0.29) is 59.7 Å². The van der Waals surface area contributed by atoms with Gasteiger partial charge in [-0.15, -0.1) is 0 Å². The average molecular weight is 1570 g/mol. The van der Waals surface area contributed by atoms with Gasteiger partial charge in [0.05, 0.1) is 64.6 Å². The lowest BCUT2D eigenvalue weighted by Crippen LogP contribution is -2.69. The van der Waals surface area contributed by atoms with Gasteiger partial charge in [0.1, 0.15) is 171 Å². The lowest BCUT2D eigenvalue weighted by atomic mass is 9.44. The first-order valence-electron chi connectivity index (χ1n) is 37.7. The van der Waals surface area contributed by atoms with Gasteiger partial charge >= 0.3 is 0 Å². The number of hydrogen-bond acceptors (Lipinski definition) is 39. The topological polar surface area (TPSA) is 621 Å². The van der Waals surface area contributed by atoms with Crippen molar-refractivity contribution in [3.05, 3.63) is 0 Å². The molecule has 8 saturated heterocycles. The van der Waals surface area contributed by atoms with Gasteiger partial charge in [0.15, 0.2) is 49.8 Å². The molecule has 624 valence electrons. The molecule has 23 N–H and O–H groups in total. The Morgan fingerprint density at radius 2 is 0.870 bits per heavy atom. The van der Waals surface area contributed by atoms with Gasteiger partial charge in [-0.05, 0) is 86.9 Å². The Bertz CT molecular complexity index is 2910. The Balaban J connectivity index is 0.724. The van der Waals surface area contributed by atoms with Crippen LogP contribution in [0.3, 0.4) is 0 Å². The van der Waals surface area contributed by atoms with Crippen LogP contribution in [0, 0.1) is 52.3 Å². The molecule has 0 spiro atoms. The van der Waals surface area contributed by atoms with E-state index < -0.39 is 284 Å². The molecule has 4 saturated carbocycles. The van der Waals surface area contributed by atoms with Crippen LogP contribution in [-0.4, -0.2) is 402 Å². The second-order valence-electron chi connectivity index (χ2n) is 32.5. The highest BCUT2D eigenvalue weighted by Crippen LogP contribution is 2.70. The molecule has 0 bridgehead atoms. The average Bonchev–Trinajstić information content (AvgIpc) is 1.51. The summed E-state index contributed by atoms with van der Waals surface area (Å²) in [5.41, 5.74) is -1.15. The molecule has 47 atom stereocenters. The van der Waals surface area contributed by atoms with Gasteiger partial charge in [-0.2, -0.15) is 0 Å². The zero-order valence-electron chi connectivity index (χ0n) is 60.5. The predicted octanol–water partition coefficient (Wildman–Crippen LogP) is -10.3. The van der Waals surface area contributed by atoms with Crippen LogP contribution in [0.1, 0.15) is 92.4 Å². The normalized spacial score (nSPS) is 55.1. The Kier molecular flexibility index (Phi) is 27.2. The van der Waals surface area contributed by atoms with E-state index in [1.165, 1.54) is 6.92 Å². The molecule has 39 nitrogen and oxygen atoms in total. The highest BCUT2D eigenvalue weighted by Gasteiger charge is 2.72. The van der Waals surface area contributed by atoms with Crippen LogP contribution in [-0.2, 0) is 75.8 Å². The van der Waals surface area contributed by atoms with Crippen LogP contribution >= 0.6 is 0 Å². The second kappa shape index (κ2) is 34.4. The van der Waals surface area contributed by atoms with E-state index in [1.54, 1.807) is 0 Å². The van der Waals surface area contributed by atoms with Crippen molar-refractivity contribution in [3.8, 4) is 0 Å². The SMILES string of the molecule is C[C@H](CCC1(O)O[C@H]2C[C@H]3[C@@H]4CC[C@H]5C[C@@H](O[C@@H]6O[C@H](CO)[C@H](O[C@@H]7O[C@H](CO)[C@@H](O)[C@H](O[C@@H]8O[C@H](CO)[C@@H](O[C@@H]9O[C@@H](C)[C@H](O)[C@@H](O)[C@H]9O)[C@H](O)[C@H]8O)[C@H]7O[C@@H]7O[C@H](CO)[C@@H](O)[C@H](O[C@@H]8O[C@H](CO)[C@@H](O)[C@H](O)[C@H]8O)[C@H]7O)[C@H](O)[C@H]6O)CC[C@]5(C)[C@H]4CC(=O)[C@]3(C)[C@H]2[C@@H]1C)CO[C@@H]1O[C@H](CO)[C@@H](O)[C@H](O)[C@H]1O. The maximum atomic E-state index is 15.0. The molecule has 4 aliphatic carbocycles. The summed E-state index contributed by atoms with van der Waals surface area (Å²) >= 11 is 0. The third-order valence-electron chi connectivity index (χ3n) is 26.3. The first kappa shape index (κ1) is 85.5. The fourth-order valence-electron chi connectivity index (χ4n) is 19.7. The summed E-state index contributed by atoms with van der Waals surface area (Å²) in [4.78, 5) is 15.0. The lowest BCUT2D eigenvalue weighted by molar-refractivity contribution is -0.414. The number of Topliss-reactive ketones (excluding diaryl/α,β-unsaturated/α-hetero) is 1. The molecule has 0 radical (unpaired) electrons. The summed E-state index contributed by atoms with van der Waals surface area (Å²) in [6.07, 6.45) is -62.1.